The fourth-order valence-corrected chi connectivity index (χ4v) is 8.58. The molecular weight excluding hydrogens is 629 g/mol. The molecule has 2 heterocycles. The van der Waals surface area contributed by atoms with Gasteiger partial charge in [0.1, 0.15) is 0 Å². The van der Waals surface area contributed by atoms with Crippen molar-refractivity contribution in [2.75, 3.05) is 0 Å². The van der Waals surface area contributed by atoms with Gasteiger partial charge >= 0.3 is 0 Å². The Morgan fingerprint density at radius 1 is 0.250 bits per heavy atom. The zero-order valence-electron chi connectivity index (χ0n) is 28.4. The van der Waals surface area contributed by atoms with E-state index in [2.05, 4.69) is 203 Å². The lowest BCUT2D eigenvalue weighted by Crippen LogP contribution is -1.97. The van der Waals surface area contributed by atoms with Crippen molar-refractivity contribution >= 4 is 65.2 Å². The highest BCUT2D eigenvalue weighted by Crippen LogP contribution is 2.45. The Kier molecular flexibility index (Phi) is 6.28. The van der Waals surface area contributed by atoms with Crippen LogP contribution in [0.1, 0.15) is 0 Å². The first kappa shape index (κ1) is 28.9. The van der Waals surface area contributed by atoms with Crippen molar-refractivity contribution in [2.45, 2.75) is 0 Å². The Bertz CT molecular complexity index is 2950. The number of fused-ring (bicyclic) bond motifs is 9. The first-order valence-electron chi connectivity index (χ1n) is 17.9. The molecule has 0 atom stereocenters. The average Bonchev–Trinajstić information content (AvgIpc) is 3.73. The minimum atomic E-state index is 1.19. The normalized spacial score (nSPS) is 11.8. The number of aromatic nitrogens is 2. The molecule has 2 heteroatoms. The maximum atomic E-state index is 2.50. The molecule has 52 heavy (non-hydrogen) atoms. The van der Waals surface area contributed by atoms with E-state index in [4.69, 9.17) is 0 Å². The second-order valence-electron chi connectivity index (χ2n) is 13.7. The van der Waals surface area contributed by atoms with Crippen molar-refractivity contribution in [2.24, 2.45) is 0 Å². The lowest BCUT2D eigenvalue weighted by atomic mass is 9.99. The van der Waals surface area contributed by atoms with Crippen LogP contribution >= 0.6 is 0 Å². The maximum Gasteiger partial charge on any atom is 0.0549 e. The van der Waals surface area contributed by atoms with Gasteiger partial charge in [0.2, 0.25) is 0 Å². The van der Waals surface area contributed by atoms with Crippen LogP contribution in [0.25, 0.3) is 98.8 Å². The SMILES string of the molecule is c1ccc(-c2cc(-n3c4ccccc4c4c5c6ccccc6n(-c6cc(-c7ccccc7)cc7ccccc67)c5ccc43)c3ccccc3c2)cc1. The number of hydrogen-bond acceptors (Lipinski definition) is 0. The van der Waals surface area contributed by atoms with E-state index >= 15 is 0 Å². The van der Waals surface area contributed by atoms with E-state index in [1.165, 1.54) is 98.8 Å². The molecule has 242 valence electrons. The van der Waals surface area contributed by atoms with Crippen molar-refractivity contribution in [3.63, 3.8) is 0 Å². The van der Waals surface area contributed by atoms with Crippen molar-refractivity contribution in [3.8, 4) is 33.6 Å². The average molecular weight is 661 g/mol. The summed E-state index contributed by atoms with van der Waals surface area (Å²) >= 11 is 0. The molecule has 0 fully saturated rings. The molecule has 0 amide bonds. The summed E-state index contributed by atoms with van der Waals surface area (Å²) in [6.45, 7) is 0. The fraction of sp³-hybridized carbons (Fsp3) is 0. The molecule has 0 unspecified atom stereocenters. The standard InChI is InChI=1S/C50H32N2/c1-3-15-33(16-4-1)37-29-35-19-7-9-21-39(35)47(31-37)51-43-25-13-11-23-41(43)49-45(51)27-28-46-50(49)42-24-12-14-26-44(42)52(46)48-32-38(34-17-5-2-6-18-34)30-36-20-8-10-22-40(36)48/h1-32H. The second kappa shape index (κ2) is 11.3. The third-order valence-electron chi connectivity index (χ3n) is 10.8. The van der Waals surface area contributed by atoms with Crippen molar-refractivity contribution in [1.29, 1.82) is 0 Å². The van der Waals surface area contributed by atoms with Crippen LogP contribution in [-0.2, 0) is 0 Å². The van der Waals surface area contributed by atoms with E-state index in [-0.39, 0.29) is 0 Å². The van der Waals surface area contributed by atoms with Crippen LogP contribution in [-0.4, -0.2) is 9.13 Å². The van der Waals surface area contributed by atoms with E-state index in [0.717, 1.165) is 0 Å². The van der Waals surface area contributed by atoms with Gasteiger partial charge in [-0.3, -0.25) is 0 Å². The predicted octanol–water partition coefficient (Wildman–Crippen LogP) is 13.5. The molecule has 0 aliphatic rings. The summed E-state index contributed by atoms with van der Waals surface area (Å²) in [6, 6.07) is 71.0. The molecule has 0 saturated carbocycles. The molecule has 2 nitrogen and oxygen atoms in total. The lowest BCUT2D eigenvalue weighted by Gasteiger charge is -2.15. The van der Waals surface area contributed by atoms with Crippen molar-refractivity contribution in [1.82, 2.24) is 9.13 Å². The van der Waals surface area contributed by atoms with Crippen LogP contribution in [0.2, 0.25) is 0 Å². The van der Waals surface area contributed by atoms with Gasteiger partial charge in [0.05, 0.1) is 33.4 Å². The number of rotatable bonds is 4. The quantitative estimate of drug-likeness (QED) is 0.178. The second-order valence-corrected chi connectivity index (χ2v) is 13.7. The van der Waals surface area contributed by atoms with Gasteiger partial charge < -0.3 is 9.13 Å². The monoisotopic (exact) mass is 660 g/mol. The summed E-state index contributed by atoms with van der Waals surface area (Å²) in [6.07, 6.45) is 0. The molecule has 0 aliphatic heterocycles. The van der Waals surface area contributed by atoms with Crippen LogP contribution < -0.4 is 0 Å². The van der Waals surface area contributed by atoms with Crippen LogP contribution in [0.4, 0.5) is 0 Å². The first-order valence-corrected chi connectivity index (χ1v) is 17.9. The van der Waals surface area contributed by atoms with E-state index in [1.54, 1.807) is 0 Å². The summed E-state index contributed by atoms with van der Waals surface area (Å²) in [4.78, 5) is 0. The van der Waals surface area contributed by atoms with Gasteiger partial charge in [0, 0.05) is 32.3 Å². The molecule has 11 rings (SSSR count). The third-order valence-corrected chi connectivity index (χ3v) is 10.8. The fourth-order valence-electron chi connectivity index (χ4n) is 8.58. The van der Waals surface area contributed by atoms with Gasteiger partial charge in [-0.15, -0.1) is 0 Å². The Labute approximate surface area is 301 Å². The molecule has 0 N–H and O–H groups in total. The van der Waals surface area contributed by atoms with Crippen LogP contribution in [0, 0.1) is 0 Å². The highest BCUT2D eigenvalue weighted by molar-refractivity contribution is 6.29. The zero-order chi connectivity index (χ0) is 34.2. The summed E-state index contributed by atoms with van der Waals surface area (Å²) < 4.78 is 4.99. The minimum absolute atomic E-state index is 1.19. The lowest BCUT2D eigenvalue weighted by molar-refractivity contribution is 1.19. The molecule has 0 radical (unpaired) electrons. The number of benzene rings is 9. The van der Waals surface area contributed by atoms with E-state index in [1.807, 2.05) is 0 Å². The number of para-hydroxylation sites is 2. The smallest absolute Gasteiger partial charge is 0.0549 e. The highest BCUT2D eigenvalue weighted by atomic mass is 15.0. The first-order chi connectivity index (χ1) is 25.8. The van der Waals surface area contributed by atoms with Gasteiger partial charge in [0.15, 0.2) is 0 Å². The Balaban J connectivity index is 1.28. The number of nitrogens with zero attached hydrogens (tertiary/aromatic N) is 2. The van der Waals surface area contributed by atoms with Crippen LogP contribution in [0.5, 0.6) is 0 Å². The van der Waals surface area contributed by atoms with Gasteiger partial charge in [0.25, 0.3) is 0 Å². The molecule has 0 spiro atoms. The van der Waals surface area contributed by atoms with Crippen LogP contribution in [0.15, 0.2) is 194 Å². The molecule has 2 aromatic heterocycles. The third kappa shape index (κ3) is 4.25. The predicted molar refractivity (Wildman–Crippen MR) is 221 cm³/mol. The van der Waals surface area contributed by atoms with E-state index < -0.39 is 0 Å². The summed E-state index contributed by atoms with van der Waals surface area (Å²) in [7, 11) is 0. The van der Waals surface area contributed by atoms with E-state index in [9.17, 15) is 0 Å². The van der Waals surface area contributed by atoms with Gasteiger partial charge in [-0.05, 0) is 81.6 Å². The minimum Gasteiger partial charge on any atom is -0.309 e. The van der Waals surface area contributed by atoms with E-state index in [0.29, 0.717) is 0 Å². The van der Waals surface area contributed by atoms with Crippen LogP contribution in [0.3, 0.4) is 0 Å². The number of hydrogen-bond donors (Lipinski definition) is 0. The topological polar surface area (TPSA) is 9.86 Å². The van der Waals surface area contributed by atoms with Crippen molar-refractivity contribution in [3.05, 3.63) is 194 Å². The molecule has 11 aromatic rings. The molecule has 0 saturated heterocycles. The Morgan fingerprint density at radius 2 is 0.615 bits per heavy atom. The summed E-state index contributed by atoms with van der Waals surface area (Å²) in [5.41, 5.74) is 12.0. The van der Waals surface area contributed by atoms with Gasteiger partial charge in [-0.2, -0.15) is 0 Å². The highest BCUT2D eigenvalue weighted by Gasteiger charge is 2.22. The summed E-state index contributed by atoms with van der Waals surface area (Å²) in [5.74, 6) is 0. The van der Waals surface area contributed by atoms with Gasteiger partial charge in [-0.1, -0.05) is 146 Å². The largest absolute Gasteiger partial charge is 0.309 e. The molecule has 0 bridgehead atoms. The summed E-state index contributed by atoms with van der Waals surface area (Å²) in [5, 5.41) is 9.99. The van der Waals surface area contributed by atoms with Crippen molar-refractivity contribution < 1.29 is 0 Å². The van der Waals surface area contributed by atoms with Gasteiger partial charge in [-0.25, -0.2) is 0 Å². The molecule has 9 aromatic carbocycles. The molecule has 0 aliphatic carbocycles. The molecular formula is C50H32N2. The Morgan fingerprint density at radius 3 is 1.06 bits per heavy atom. The Hall–Kier alpha value is -6.90. The maximum absolute atomic E-state index is 2.50. The zero-order valence-corrected chi connectivity index (χ0v) is 28.4.